The van der Waals surface area contributed by atoms with Crippen molar-refractivity contribution >= 4 is 5.96 Å². The lowest BCUT2D eigenvalue weighted by Gasteiger charge is -2.24. The van der Waals surface area contributed by atoms with Gasteiger partial charge in [0, 0.05) is 40.5 Å². The Labute approximate surface area is 111 Å². The van der Waals surface area contributed by atoms with Gasteiger partial charge in [0.15, 0.2) is 5.96 Å². The van der Waals surface area contributed by atoms with Gasteiger partial charge >= 0.3 is 0 Å². The van der Waals surface area contributed by atoms with Crippen molar-refractivity contribution < 1.29 is 9.47 Å². The maximum absolute atomic E-state index is 5.34. The second-order valence-electron chi connectivity index (χ2n) is 4.72. The average molecular weight is 259 g/mol. The zero-order chi connectivity index (χ0) is 13.9. The summed E-state index contributed by atoms with van der Waals surface area (Å²) < 4.78 is 10.6. The van der Waals surface area contributed by atoms with Crippen molar-refractivity contribution in [1.29, 1.82) is 0 Å². The molecule has 0 aliphatic carbocycles. The van der Waals surface area contributed by atoms with E-state index in [4.69, 9.17) is 9.47 Å². The molecule has 5 heteroatoms. The first-order valence-corrected chi connectivity index (χ1v) is 6.63. The third-order valence-electron chi connectivity index (χ3n) is 2.67. The Kier molecular flexibility index (Phi) is 9.69. The number of nitrogens with zero attached hydrogens (tertiary/aromatic N) is 1. The molecular formula is C13H29N3O2. The number of unbranched alkanes of at least 4 members (excludes halogenated alkanes) is 1. The van der Waals surface area contributed by atoms with Crippen molar-refractivity contribution in [3.8, 4) is 0 Å². The smallest absolute Gasteiger partial charge is 0.191 e. The second kappa shape index (κ2) is 10.1. The van der Waals surface area contributed by atoms with E-state index in [-0.39, 0.29) is 5.60 Å². The Morgan fingerprint density at radius 3 is 2.50 bits per heavy atom. The Morgan fingerprint density at radius 1 is 1.22 bits per heavy atom. The van der Waals surface area contributed by atoms with Gasteiger partial charge < -0.3 is 20.1 Å². The molecule has 0 aliphatic rings. The summed E-state index contributed by atoms with van der Waals surface area (Å²) in [6, 6.07) is 0. The first kappa shape index (κ1) is 17.2. The highest BCUT2D eigenvalue weighted by atomic mass is 16.5. The van der Waals surface area contributed by atoms with Gasteiger partial charge in [-0.2, -0.15) is 0 Å². The Balaban J connectivity index is 3.66. The van der Waals surface area contributed by atoms with Gasteiger partial charge in [-0.05, 0) is 33.6 Å². The van der Waals surface area contributed by atoms with Crippen LogP contribution in [-0.4, -0.2) is 52.0 Å². The van der Waals surface area contributed by atoms with Crippen LogP contribution in [0.4, 0.5) is 0 Å². The summed E-state index contributed by atoms with van der Waals surface area (Å²) in [5.41, 5.74) is -0.188. The van der Waals surface area contributed by atoms with Gasteiger partial charge in [0.05, 0.1) is 5.60 Å². The molecule has 18 heavy (non-hydrogen) atoms. The fraction of sp³-hybridized carbons (Fsp3) is 0.923. The summed E-state index contributed by atoms with van der Waals surface area (Å²) in [5.74, 6) is 0.816. The molecule has 5 nitrogen and oxygen atoms in total. The van der Waals surface area contributed by atoms with Gasteiger partial charge in [-0.25, -0.2) is 0 Å². The van der Waals surface area contributed by atoms with Gasteiger partial charge in [0.1, 0.15) is 0 Å². The van der Waals surface area contributed by atoms with E-state index >= 15 is 0 Å². The monoisotopic (exact) mass is 259 g/mol. The molecule has 2 N–H and O–H groups in total. The van der Waals surface area contributed by atoms with Gasteiger partial charge in [-0.15, -0.1) is 0 Å². The largest absolute Gasteiger partial charge is 0.382 e. The van der Waals surface area contributed by atoms with Crippen LogP contribution >= 0.6 is 0 Å². The summed E-state index contributed by atoms with van der Waals surface area (Å²) in [7, 11) is 3.49. The van der Waals surface area contributed by atoms with Crippen LogP contribution in [0.1, 0.15) is 33.6 Å². The van der Waals surface area contributed by atoms with E-state index in [2.05, 4.69) is 15.6 Å². The lowest BCUT2D eigenvalue weighted by atomic mass is 10.1. The fourth-order valence-electron chi connectivity index (χ4n) is 1.27. The molecule has 0 heterocycles. The zero-order valence-corrected chi connectivity index (χ0v) is 12.5. The van der Waals surface area contributed by atoms with Crippen LogP contribution in [0.25, 0.3) is 0 Å². The number of nitrogens with one attached hydrogen (secondary N) is 2. The minimum Gasteiger partial charge on any atom is -0.382 e. The van der Waals surface area contributed by atoms with Gasteiger partial charge in [-0.1, -0.05) is 0 Å². The Bertz CT molecular complexity index is 230. The maximum atomic E-state index is 5.34. The number of hydrogen-bond donors (Lipinski definition) is 2. The molecule has 0 amide bonds. The number of methoxy groups -OCH3 is 1. The lowest BCUT2D eigenvalue weighted by Crippen LogP contribution is -2.45. The van der Waals surface area contributed by atoms with Crippen LogP contribution in [0, 0.1) is 0 Å². The fourth-order valence-corrected chi connectivity index (χ4v) is 1.27. The highest BCUT2D eigenvalue weighted by Gasteiger charge is 2.16. The second-order valence-corrected chi connectivity index (χ2v) is 4.72. The van der Waals surface area contributed by atoms with E-state index in [9.17, 15) is 0 Å². The highest BCUT2D eigenvalue weighted by Crippen LogP contribution is 2.04. The van der Waals surface area contributed by atoms with E-state index in [1.54, 1.807) is 14.2 Å². The molecule has 0 spiro atoms. The molecule has 108 valence electrons. The van der Waals surface area contributed by atoms with Gasteiger partial charge in [-0.3, -0.25) is 4.99 Å². The molecule has 0 aromatic heterocycles. The Morgan fingerprint density at radius 2 is 1.94 bits per heavy atom. The normalized spacial score (nSPS) is 12.6. The first-order valence-electron chi connectivity index (χ1n) is 6.63. The quantitative estimate of drug-likeness (QED) is 0.373. The van der Waals surface area contributed by atoms with E-state index in [0.717, 1.165) is 45.1 Å². The summed E-state index contributed by atoms with van der Waals surface area (Å²) in [6.07, 6.45) is 2.15. The van der Waals surface area contributed by atoms with Crippen LogP contribution in [0.15, 0.2) is 4.99 Å². The predicted octanol–water partition coefficient (Wildman–Crippen LogP) is 1.39. The third kappa shape index (κ3) is 9.24. The number of rotatable bonds is 9. The molecule has 0 bridgehead atoms. The van der Waals surface area contributed by atoms with Gasteiger partial charge in [0.25, 0.3) is 0 Å². The first-order chi connectivity index (χ1) is 8.55. The molecule has 0 aliphatic heterocycles. The van der Waals surface area contributed by atoms with Crippen LogP contribution < -0.4 is 10.6 Å². The number of ether oxygens (including phenoxy) is 2. The minimum absolute atomic E-state index is 0.188. The van der Waals surface area contributed by atoms with Crippen molar-refractivity contribution in [3.63, 3.8) is 0 Å². The molecule has 0 saturated heterocycles. The number of guanidine groups is 1. The van der Waals surface area contributed by atoms with Crippen molar-refractivity contribution in [2.24, 2.45) is 4.99 Å². The van der Waals surface area contributed by atoms with E-state index in [1.165, 1.54) is 0 Å². The van der Waals surface area contributed by atoms with Crippen molar-refractivity contribution in [1.82, 2.24) is 10.6 Å². The summed E-state index contributed by atoms with van der Waals surface area (Å²) >= 11 is 0. The standard InChI is InChI=1S/C13H29N3O2/c1-6-18-10-8-7-9-15-12(14-4)16-11-13(2,3)17-5/h6-11H2,1-5H3,(H2,14,15,16). The molecule has 0 aromatic rings. The number of hydrogen-bond acceptors (Lipinski definition) is 3. The molecule has 0 radical (unpaired) electrons. The topological polar surface area (TPSA) is 54.9 Å². The molecule has 0 rings (SSSR count). The maximum Gasteiger partial charge on any atom is 0.191 e. The van der Waals surface area contributed by atoms with Crippen molar-refractivity contribution in [3.05, 3.63) is 0 Å². The third-order valence-corrected chi connectivity index (χ3v) is 2.67. The SMILES string of the molecule is CCOCCCCNC(=NC)NCC(C)(C)OC. The molecular weight excluding hydrogens is 230 g/mol. The summed E-state index contributed by atoms with van der Waals surface area (Å²) in [4.78, 5) is 4.17. The summed E-state index contributed by atoms with van der Waals surface area (Å²) in [6.45, 7) is 9.35. The summed E-state index contributed by atoms with van der Waals surface area (Å²) in [5, 5.41) is 6.52. The lowest BCUT2D eigenvalue weighted by molar-refractivity contribution is 0.0268. The zero-order valence-electron chi connectivity index (χ0n) is 12.5. The van der Waals surface area contributed by atoms with Crippen LogP contribution in [0.2, 0.25) is 0 Å². The van der Waals surface area contributed by atoms with E-state index < -0.39 is 0 Å². The molecule has 0 saturated carbocycles. The number of aliphatic imine (C=N–C) groups is 1. The van der Waals surface area contributed by atoms with Gasteiger partial charge in [0.2, 0.25) is 0 Å². The van der Waals surface area contributed by atoms with Crippen molar-refractivity contribution in [2.75, 3.05) is 40.5 Å². The van der Waals surface area contributed by atoms with Crippen LogP contribution in [-0.2, 0) is 9.47 Å². The van der Waals surface area contributed by atoms with E-state index in [0.29, 0.717) is 0 Å². The van der Waals surface area contributed by atoms with Crippen molar-refractivity contribution in [2.45, 2.75) is 39.2 Å². The molecule has 0 fully saturated rings. The Hall–Kier alpha value is -0.810. The molecule has 0 aromatic carbocycles. The molecule has 0 unspecified atom stereocenters. The predicted molar refractivity (Wildman–Crippen MR) is 76.2 cm³/mol. The minimum atomic E-state index is -0.188. The average Bonchev–Trinajstić information content (AvgIpc) is 2.37. The van der Waals surface area contributed by atoms with E-state index in [1.807, 2.05) is 20.8 Å². The van der Waals surface area contributed by atoms with Crippen LogP contribution in [0.3, 0.4) is 0 Å². The van der Waals surface area contributed by atoms with Crippen LogP contribution in [0.5, 0.6) is 0 Å². The molecule has 0 atom stereocenters. The highest BCUT2D eigenvalue weighted by molar-refractivity contribution is 5.79.